The van der Waals surface area contributed by atoms with Gasteiger partial charge in [0.15, 0.2) is 0 Å². The standard InChI is InChI=1S/C22H27NO4/c1-22(2,3)27-20(24)18(19(23)21(25)26-4)14-15-10-12-17(13-11-15)16-8-6-5-7-9-16/h5-13,18-19H,14,23H2,1-4H3. The van der Waals surface area contributed by atoms with Gasteiger partial charge in [-0.3, -0.25) is 9.59 Å². The largest absolute Gasteiger partial charge is 0.468 e. The Balaban J connectivity index is 2.21. The number of hydrogen-bond acceptors (Lipinski definition) is 5. The van der Waals surface area contributed by atoms with Crippen molar-refractivity contribution in [1.29, 1.82) is 0 Å². The average molecular weight is 369 g/mol. The lowest BCUT2D eigenvalue weighted by Gasteiger charge is -2.26. The third-order valence-corrected chi connectivity index (χ3v) is 4.13. The minimum atomic E-state index is -1.08. The van der Waals surface area contributed by atoms with Crippen LogP contribution in [0.15, 0.2) is 54.6 Å². The van der Waals surface area contributed by atoms with Crippen molar-refractivity contribution in [3.05, 3.63) is 60.2 Å². The summed E-state index contributed by atoms with van der Waals surface area (Å²) >= 11 is 0. The number of carbonyl (C=O) groups is 2. The van der Waals surface area contributed by atoms with Crippen molar-refractivity contribution < 1.29 is 19.1 Å². The number of rotatable bonds is 6. The molecule has 0 aromatic heterocycles. The van der Waals surface area contributed by atoms with E-state index in [-0.39, 0.29) is 0 Å². The second-order valence-corrected chi connectivity index (χ2v) is 7.46. The molecule has 2 unspecified atom stereocenters. The molecule has 2 atom stereocenters. The van der Waals surface area contributed by atoms with Crippen LogP contribution < -0.4 is 5.73 Å². The van der Waals surface area contributed by atoms with Gasteiger partial charge in [0.2, 0.25) is 0 Å². The summed E-state index contributed by atoms with van der Waals surface area (Å²) in [7, 11) is 1.25. The first-order chi connectivity index (χ1) is 12.7. The lowest BCUT2D eigenvalue weighted by Crippen LogP contribution is -2.46. The van der Waals surface area contributed by atoms with Crippen LogP contribution in [0.1, 0.15) is 26.3 Å². The van der Waals surface area contributed by atoms with Crippen molar-refractivity contribution in [3.8, 4) is 11.1 Å². The van der Waals surface area contributed by atoms with Crippen molar-refractivity contribution >= 4 is 11.9 Å². The zero-order valence-corrected chi connectivity index (χ0v) is 16.3. The Morgan fingerprint density at radius 3 is 2.00 bits per heavy atom. The predicted octanol–water partition coefficient (Wildman–Crippen LogP) is 3.35. The van der Waals surface area contributed by atoms with Crippen molar-refractivity contribution in [2.45, 2.75) is 38.8 Å². The summed E-state index contributed by atoms with van der Waals surface area (Å²) < 4.78 is 10.2. The second kappa shape index (κ2) is 8.82. The molecule has 144 valence electrons. The minimum Gasteiger partial charge on any atom is -0.468 e. The van der Waals surface area contributed by atoms with Crippen LogP contribution in [0.5, 0.6) is 0 Å². The summed E-state index contributed by atoms with van der Waals surface area (Å²) in [5, 5.41) is 0. The Morgan fingerprint density at radius 1 is 0.926 bits per heavy atom. The van der Waals surface area contributed by atoms with Gasteiger partial charge < -0.3 is 15.2 Å². The van der Waals surface area contributed by atoms with E-state index < -0.39 is 29.5 Å². The van der Waals surface area contributed by atoms with E-state index in [1.807, 2.05) is 54.6 Å². The molecule has 0 saturated carbocycles. The maximum Gasteiger partial charge on any atom is 0.323 e. The highest BCUT2D eigenvalue weighted by Gasteiger charge is 2.35. The van der Waals surface area contributed by atoms with Gasteiger partial charge in [0.05, 0.1) is 13.0 Å². The summed E-state index contributed by atoms with van der Waals surface area (Å²) in [6.45, 7) is 5.33. The first kappa shape index (κ1) is 20.6. The summed E-state index contributed by atoms with van der Waals surface area (Å²) in [5.74, 6) is -1.96. The van der Waals surface area contributed by atoms with Gasteiger partial charge in [0, 0.05) is 0 Å². The Bertz CT molecular complexity index is 763. The fraction of sp³-hybridized carbons (Fsp3) is 0.364. The molecular formula is C22H27NO4. The van der Waals surface area contributed by atoms with Gasteiger partial charge in [-0.25, -0.2) is 0 Å². The van der Waals surface area contributed by atoms with E-state index in [9.17, 15) is 9.59 Å². The lowest BCUT2D eigenvalue weighted by atomic mass is 9.91. The average Bonchev–Trinajstić information content (AvgIpc) is 2.64. The normalized spacial score (nSPS) is 13.5. The van der Waals surface area contributed by atoms with Gasteiger partial charge in [-0.1, -0.05) is 54.6 Å². The molecule has 0 heterocycles. The molecule has 27 heavy (non-hydrogen) atoms. The van der Waals surface area contributed by atoms with Crippen LogP contribution in [0.25, 0.3) is 11.1 Å². The van der Waals surface area contributed by atoms with E-state index in [4.69, 9.17) is 15.2 Å². The maximum absolute atomic E-state index is 12.6. The Labute approximate surface area is 160 Å². The quantitative estimate of drug-likeness (QED) is 0.790. The van der Waals surface area contributed by atoms with Crippen molar-refractivity contribution in [2.24, 2.45) is 11.7 Å². The molecule has 5 nitrogen and oxygen atoms in total. The summed E-state index contributed by atoms with van der Waals surface area (Å²) in [5.41, 5.74) is 8.40. The number of benzene rings is 2. The monoisotopic (exact) mass is 369 g/mol. The molecule has 2 aromatic carbocycles. The van der Waals surface area contributed by atoms with Crippen LogP contribution in [0, 0.1) is 5.92 Å². The number of ether oxygens (including phenoxy) is 2. The molecule has 0 aliphatic rings. The first-order valence-corrected chi connectivity index (χ1v) is 8.92. The molecule has 0 radical (unpaired) electrons. The van der Waals surface area contributed by atoms with Crippen molar-refractivity contribution in [2.75, 3.05) is 7.11 Å². The van der Waals surface area contributed by atoms with E-state index in [0.29, 0.717) is 6.42 Å². The molecule has 0 saturated heterocycles. The topological polar surface area (TPSA) is 78.6 Å². The highest BCUT2D eigenvalue weighted by molar-refractivity contribution is 5.85. The Hall–Kier alpha value is -2.66. The van der Waals surface area contributed by atoms with Gasteiger partial charge in [-0.2, -0.15) is 0 Å². The molecule has 0 amide bonds. The molecular weight excluding hydrogens is 342 g/mol. The van der Waals surface area contributed by atoms with E-state index in [2.05, 4.69) is 0 Å². The molecule has 5 heteroatoms. The van der Waals surface area contributed by atoms with Crippen LogP contribution in [0.4, 0.5) is 0 Å². The maximum atomic E-state index is 12.6. The molecule has 0 fully saturated rings. The molecule has 0 spiro atoms. The molecule has 2 N–H and O–H groups in total. The number of nitrogens with two attached hydrogens (primary N) is 1. The summed E-state index contributed by atoms with van der Waals surface area (Å²) in [6, 6.07) is 16.8. The van der Waals surface area contributed by atoms with E-state index in [1.165, 1.54) is 7.11 Å². The van der Waals surface area contributed by atoms with Crippen LogP contribution in [-0.4, -0.2) is 30.7 Å². The highest BCUT2D eigenvalue weighted by Crippen LogP contribution is 2.22. The minimum absolute atomic E-state index is 0.292. The van der Waals surface area contributed by atoms with Gasteiger partial charge in [-0.05, 0) is 43.9 Å². The SMILES string of the molecule is COC(=O)C(N)C(Cc1ccc(-c2ccccc2)cc1)C(=O)OC(C)(C)C. The van der Waals surface area contributed by atoms with E-state index >= 15 is 0 Å². The fourth-order valence-corrected chi connectivity index (χ4v) is 2.75. The highest BCUT2D eigenvalue weighted by atomic mass is 16.6. The zero-order chi connectivity index (χ0) is 20.0. The van der Waals surface area contributed by atoms with Crippen molar-refractivity contribution in [3.63, 3.8) is 0 Å². The van der Waals surface area contributed by atoms with Gasteiger partial charge in [-0.15, -0.1) is 0 Å². The van der Waals surface area contributed by atoms with Gasteiger partial charge >= 0.3 is 11.9 Å². The predicted molar refractivity (Wildman–Crippen MR) is 105 cm³/mol. The fourth-order valence-electron chi connectivity index (χ4n) is 2.75. The second-order valence-electron chi connectivity index (χ2n) is 7.46. The van der Waals surface area contributed by atoms with Gasteiger partial charge in [0.1, 0.15) is 11.6 Å². The van der Waals surface area contributed by atoms with Crippen LogP contribution in [0.3, 0.4) is 0 Å². The zero-order valence-electron chi connectivity index (χ0n) is 16.3. The van der Waals surface area contributed by atoms with Crippen molar-refractivity contribution in [1.82, 2.24) is 0 Å². The number of hydrogen-bond donors (Lipinski definition) is 1. The summed E-state index contributed by atoms with van der Waals surface area (Å²) in [6.07, 6.45) is 0.292. The number of carbonyl (C=O) groups excluding carboxylic acids is 2. The number of esters is 2. The van der Waals surface area contributed by atoms with E-state index in [1.54, 1.807) is 20.8 Å². The smallest absolute Gasteiger partial charge is 0.323 e. The molecule has 2 rings (SSSR count). The Kier molecular flexibility index (Phi) is 6.75. The third kappa shape index (κ3) is 5.93. The van der Waals surface area contributed by atoms with Crippen LogP contribution in [0.2, 0.25) is 0 Å². The Morgan fingerprint density at radius 2 is 1.48 bits per heavy atom. The van der Waals surface area contributed by atoms with Crippen LogP contribution in [-0.2, 0) is 25.5 Å². The van der Waals surface area contributed by atoms with E-state index in [0.717, 1.165) is 16.7 Å². The van der Waals surface area contributed by atoms with Gasteiger partial charge in [0.25, 0.3) is 0 Å². The molecule has 0 aliphatic heterocycles. The lowest BCUT2D eigenvalue weighted by molar-refractivity contribution is -0.164. The first-order valence-electron chi connectivity index (χ1n) is 8.92. The molecule has 0 aliphatic carbocycles. The third-order valence-electron chi connectivity index (χ3n) is 4.13. The summed E-state index contributed by atoms with van der Waals surface area (Å²) in [4.78, 5) is 24.5. The van der Waals surface area contributed by atoms with Crippen LogP contribution >= 0.6 is 0 Å². The molecule has 0 bridgehead atoms. The molecule has 2 aromatic rings. The number of methoxy groups -OCH3 is 1.